The molecule has 0 saturated heterocycles. The predicted molar refractivity (Wildman–Crippen MR) is 128 cm³/mol. The van der Waals surface area contributed by atoms with Gasteiger partial charge in [-0.05, 0) is 70.3 Å². The summed E-state index contributed by atoms with van der Waals surface area (Å²) in [5.74, 6) is -0.534. The number of hydrogen-bond acceptors (Lipinski definition) is 4. The van der Waals surface area contributed by atoms with Crippen molar-refractivity contribution in [1.82, 2.24) is 5.32 Å². The summed E-state index contributed by atoms with van der Waals surface area (Å²) in [6.07, 6.45) is 15.2. The molecule has 5 nitrogen and oxygen atoms in total. The number of nitrogens with one attached hydrogen (secondary N) is 1. The summed E-state index contributed by atoms with van der Waals surface area (Å²) in [5, 5.41) is 2.54. The Balaban J connectivity index is 2.45. The lowest BCUT2D eigenvalue weighted by molar-refractivity contribution is -0.147. The van der Waals surface area contributed by atoms with Crippen LogP contribution >= 0.6 is 0 Å². The highest BCUT2D eigenvalue weighted by atomic mass is 16.5. The third kappa shape index (κ3) is 9.69. The minimum absolute atomic E-state index is 0.254. The quantitative estimate of drug-likeness (QED) is 0.378. The van der Waals surface area contributed by atoms with E-state index in [1.165, 1.54) is 36.0 Å². The fourth-order valence-corrected chi connectivity index (χ4v) is 3.65. The highest BCUT2D eigenvalue weighted by Gasteiger charge is 2.26. The van der Waals surface area contributed by atoms with Gasteiger partial charge in [0, 0.05) is 0 Å². The van der Waals surface area contributed by atoms with Gasteiger partial charge in [-0.25, -0.2) is 4.79 Å². The van der Waals surface area contributed by atoms with E-state index in [0.717, 1.165) is 6.42 Å². The Bertz CT molecular complexity index is 742. The van der Waals surface area contributed by atoms with E-state index in [4.69, 9.17) is 10.5 Å². The molecule has 3 N–H and O–H groups in total. The fourth-order valence-electron chi connectivity index (χ4n) is 3.65. The number of esters is 1. The van der Waals surface area contributed by atoms with Crippen LogP contribution in [-0.4, -0.2) is 30.6 Å². The zero-order valence-electron chi connectivity index (χ0n) is 20.5. The summed E-state index contributed by atoms with van der Waals surface area (Å²) in [6.45, 7) is 14.6. The molecule has 0 saturated carbocycles. The second-order valence-electron chi connectivity index (χ2n) is 9.51. The van der Waals surface area contributed by atoms with Crippen molar-refractivity contribution in [3.05, 3.63) is 47.1 Å². The summed E-state index contributed by atoms with van der Waals surface area (Å²) in [4.78, 5) is 23.5. The molecule has 0 radical (unpaired) electrons. The SMILES string of the molecule is CC1=C(/C=C/C(C)=C/C=C/C(C)CCOC(=O)C(C)NC(=O)[C@H](C)N)C(C)(C)CCC1. The third-order valence-electron chi connectivity index (χ3n) is 5.80. The molecule has 2 unspecified atom stereocenters. The van der Waals surface area contributed by atoms with Crippen LogP contribution < -0.4 is 11.1 Å². The second kappa shape index (κ2) is 12.7. The van der Waals surface area contributed by atoms with Gasteiger partial charge in [0.25, 0.3) is 0 Å². The van der Waals surface area contributed by atoms with E-state index >= 15 is 0 Å². The summed E-state index contributed by atoms with van der Waals surface area (Å²) in [6, 6.07) is -1.35. The molecule has 3 atom stereocenters. The maximum absolute atomic E-state index is 11.9. The molecule has 0 aromatic carbocycles. The molecule has 0 bridgehead atoms. The largest absolute Gasteiger partial charge is 0.464 e. The van der Waals surface area contributed by atoms with Crippen LogP contribution in [0.15, 0.2) is 47.1 Å². The molecule has 31 heavy (non-hydrogen) atoms. The van der Waals surface area contributed by atoms with Crippen LogP contribution in [0.25, 0.3) is 0 Å². The van der Waals surface area contributed by atoms with Crippen molar-refractivity contribution >= 4 is 11.9 Å². The summed E-state index contributed by atoms with van der Waals surface area (Å²) >= 11 is 0. The monoisotopic (exact) mass is 430 g/mol. The molecule has 0 aromatic heterocycles. The minimum atomic E-state index is -0.699. The van der Waals surface area contributed by atoms with Gasteiger partial charge in [-0.3, -0.25) is 4.79 Å². The van der Waals surface area contributed by atoms with Gasteiger partial charge in [-0.15, -0.1) is 0 Å². The molecular formula is C26H42N2O3. The van der Waals surface area contributed by atoms with Crippen LogP contribution in [0, 0.1) is 11.3 Å². The first-order chi connectivity index (χ1) is 14.4. The highest BCUT2D eigenvalue weighted by molar-refractivity contribution is 5.86. The number of ether oxygens (including phenoxy) is 1. The van der Waals surface area contributed by atoms with Crippen LogP contribution in [0.4, 0.5) is 0 Å². The van der Waals surface area contributed by atoms with E-state index in [2.05, 4.69) is 70.3 Å². The van der Waals surface area contributed by atoms with Crippen molar-refractivity contribution in [2.45, 2.75) is 86.2 Å². The fraction of sp³-hybridized carbons (Fsp3) is 0.615. The van der Waals surface area contributed by atoms with Crippen molar-refractivity contribution in [3.8, 4) is 0 Å². The van der Waals surface area contributed by atoms with Gasteiger partial charge < -0.3 is 15.8 Å². The van der Waals surface area contributed by atoms with Gasteiger partial charge in [0.2, 0.25) is 5.91 Å². The van der Waals surface area contributed by atoms with Gasteiger partial charge >= 0.3 is 5.97 Å². The summed E-state index contributed by atoms with van der Waals surface area (Å²) in [5.41, 5.74) is 9.92. The van der Waals surface area contributed by atoms with Crippen LogP contribution in [0.5, 0.6) is 0 Å². The molecule has 0 aromatic rings. The van der Waals surface area contributed by atoms with Gasteiger partial charge in [0.1, 0.15) is 6.04 Å². The topological polar surface area (TPSA) is 81.4 Å². The smallest absolute Gasteiger partial charge is 0.328 e. The molecule has 0 fully saturated rings. The van der Waals surface area contributed by atoms with Crippen molar-refractivity contribution in [3.63, 3.8) is 0 Å². The third-order valence-corrected chi connectivity index (χ3v) is 5.80. The number of amides is 1. The molecule has 174 valence electrons. The number of rotatable bonds is 10. The average molecular weight is 431 g/mol. The molecule has 1 aliphatic rings. The van der Waals surface area contributed by atoms with Crippen LogP contribution in [0.2, 0.25) is 0 Å². The first-order valence-electron chi connectivity index (χ1n) is 11.4. The van der Waals surface area contributed by atoms with E-state index in [-0.39, 0.29) is 17.2 Å². The first kappa shape index (κ1) is 26.9. The molecule has 0 aliphatic heterocycles. The lowest BCUT2D eigenvalue weighted by Gasteiger charge is -2.32. The van der Waals surface area contributed by atoms with Crippen molar-refractivity contribution < 1.29 is 14.3 Å². The predicted octanol–water partition coefficient (Wildman–Crippen LogP) is 4.99. The van der Waals surface area contributed by atoms with E-state index in [9.17, 15) is 9.59 Å². The average Bonchev–Trinajstić information content (AvgIpc) is 2.66. The summed E-state index contributed by atoms with van der Waals surface area (Å²) in [7, 11) is 0. The molecule has 0 heterocycles. The van der Waals surface area contributed by atoms with Gasteiger partial charge in [0.15, 0.2) is 0 Å². The van der Waals surface area contributed by atoms with Crippen LogP contribution in [0.1, 0.15) is 74.1 Å². The zero-order valence-corrected chi connectivity index (χ0v) is 20.5. The van der Waals surface area contributed by atoms with Gasteiger partial charge in [-0.2, -0.15) is 0 Å². The lowest BCUT2D eigenvalue weighted by atomic mass is 9.72. The Morgan fingerprint density at radius 1 is 1.26 bits per heavy atom. The minimum Gasteiger partial charge on any atom is -0.464 e. The number of nitrogens with two attached hydrogens (primary N) is 1. The zero-order chi connectivity index (χ0) is 23.6. The molecule has 1 amide bonds. The van der Waals surface area contributed by atoms with E-state index < -0.39 is 18.1 Å². The second-order valence-corrected chi connectivity index (χ2v) is 9.51. The van der Waals surface area contributed by atoms with E-state index in [1.807, 2.05) is 0 Å². The van der Waals surface area contributed by atoms with Crippen molar-refractivity contribution in [2.24, 2.45) is 17.1 Å². The van der Waals surface area contributed by atoms with Crippen molar-refractivity contribution in [2.75, 3.05) is 6.61 Å². The lowest BCUT2D eigenvalue weighted by Crippen LogP contribution is -2.46. The van der Waals surface area contributed by atoms with Crippen LogP contribution in [-0.2, 0) is 14.3 Å². The Morgan fingerprint density at radius 2 is 1.94 bits per heavy atom. The normalized spacial score (nSPS) is 20.1. The first-order valence-corrected chi connectivity index (χ1v) is 11.4. The molecule has 1 rings (SSSR count). The number of hydrogen-bond donors (Lipinski definition) is 2. The van der Waals surface area contributed by atoms with E-state index in [0.29, 0.717) is 6.61 Å². The molecular weight excluding hydrogens is 388 g/mol. The van der Waals surface area contributed by atoms with Gasteiger partial charge in [-0.1, -0.05) is 62.3 Å². The Morgan fingerprint density at radius 3 is 2.55 bits per heavy atom. The highest BCUT2D eigenvalue weighted by Crippen LogP contribution is 2.40. The Hall–Kier alpha value is -2.14. The number of carbonyl (C=O) groups is 2. The van der Waals surface area contributed by atoms with Crippen molar-refractivity contribution in [1.29, 1.82) is 0 Å². The molecule has 1 aliphatic carbocycles. The molecule has 5 heteroatoms. The standard InChI is InChI=1S/C26H42N2O3/c1-18(13-14-23-20(3)12-9-16-26(23,6)7)10-8-11-19(2)15-17-31-25(30)22(5)28-24(29)21(4)27/h8,10-11,13-14,19,21-22H,9,12,15-17,27H2,1-7H3,(H,28,29)/b11-8+,14-13+,18-10+/t19?,21-,22?/m0/s1. The Labute approximate surface area is 188 Å². The number of allylic oxidation sites excluding steroid dienone is 8. The van der Waals surface area contributed by atoms with Crippen LogP contribution in [0.3, 0.4) is 0 Å². The summed E-state index contributed by atoms with van der Waals surface area (Å²) < 4.78 is 5.26. The van der Waals surface area contributed by atoms with Gasteiger partial charge in [0.05, 0.1) is 12.6 Å². The number of carbonyl (C=O) groups excluding carboxylic acids is 2. The maximum atomic E-state index is 11.9. The maximum Gasteiger partial charge on any atom is 0.328 e. The Kier molecular flexibility index (Phi) is 11.0. The molecule has 0 spiro atoms. The van der Waals surface area contributed by atoms with E-state index in [1.54, 1.807) is 13.8 Å².